The van der Waals surface area contributed by atoms with Crippen LogP contribution in [0.15, 0.2) is 21.6 Å². The van der Waals surface area contributed by atoms with Gasteiger partial charge in [-0.05, 0) is 60.8 Å². The van der Waals surface area contributed by atoms with Gasteiger partial charge in [-0.2, -0.15) is 4.31 Å². The van der Waals surface area contributed by atoms with Gasteiger partial charge >= 0.3 is 0 Å². The topological polar surface area (TPSA) is 53.5 Å². The molecule has 2 aliphatic rings. The number of nitrogens with zero attached hydrogens (tertiary/aromatic N) is 3. The molecule has 0 bridgehead atoms. The van der Waals surface area contributed by atoms with Gasteiger partial charge in [-0.3, -0.25) is 0 Å². The van der Waals surface area contributed by atoms with Crippen molar-refractivity contribution in [2.24, 2.45) is 0 Å². The van der Waals surface area contributed by atoms with Crippen molar-refractivity contribution in [3.8, 4) is 0 Å². The van der Waals surface area contributed by atoms with E-state index in [0.717, 1.165) is 25.9 Å². The van der Waals surface area contributed by atoms with Crippen LogP contribution in [0.4, 0.5) is 0 Å². The van der Waals surface area contributed by atoms with Crippen LogP contribution >= 0.6 is 27.5 Å². The summed E-state index contributed by atoms with van der Waals surface area (Å²) in [6, 6.07) is 2.04. The number of piperidine rings is 1. The normalized spacial score (nSPS) is 22.3. The number of hydrogen-bond donors (Lipinski definition) is 0. The second-order valence-electron chi connectivity index (χ2n) is 5.82. The summed E-state index contributed by atoms with van der Waals surface area (Å²) < 4.78 is 27.7. The number of aromatic nitrogens is 1. The van der Waals surface area contributed by atoms with E-state index in [2.05, 4.69) is 25.8 Å². The summed E-state index contributed by atoms with van der Waals surface area (Å²) in [5.41, 5.74) is 0. The molecule has 0 saturated carbocycles. The fourth-order valence-corrected chi connectivity index (χ4v) is 5.67. The van der Waals surface area contributed by atoms with Gasteiger partial charge in [0, 0.05) is 29.8 Å². The zero-order chi connectivity index (χ0) is 15.7. The summed E-state index contributed by atoms with van der Waals surface area (Å²) in [5, 5.41) is 0.0323. The zero-order valence-electron chi connectivity index (χ0n) is 12.2. The highest BCUT2D eigenvalue weighted by molar-refractivity contribution is 9.10. The monoisotopic (exact) mass is 407 g/mol. The number of halogens is 2. The van der Waals surface area contributed by atoms with Gasteiger partial charge in [-0.1, -0.05) is 11.6 Å². The van der Waals surface area contributed by atoms with Crippen LogP contribution in [0.1, 0.15) is 25.7 Å². The van der Waals surface area contributed by atoms with Crippen molar-refractivity contribution < 1.29 is 8.42 Å². The molecule has 0 aromatic carbocycles. The minimum absolute atomic E-state index is 0.0323. The Morgan fingerprint density at radius 2 is 1.82 bits per heavy atom. The molecule has 2 fully saturated rings. The summed E-state index contributed by atoms with van der Waals surface area (Å²) in [6.45, 7) is 3.40. The van der Waals surface area contributed by atoms with Crippen LogP contribution in [0.5, 0.6) is 0 Å². The van der Waals surface area contributed by atoms with E-state index in [4.69, 9.17) is 11.6 Å². The van der Waals surface area contributed by atoms with Crippen molar-refractivity contribution in [2.45, 2.75) is 36.6 Å². The molecule has 0 unspecified atom stereocenters. The first-order valence-electron chi connectivity index (χ1n) is 7.54. The number of sulfonamides is 1. The van der Waals surface area contributed by atoms with Crippen LogP contribution in [0.25, 0.3) is 0 Å². The molecule has 5 nitrogen and oxygen atoms in total. The Kier molecular flexibility index (Phi) is 5.09. The molecule has 1 aromatic heterocycles. The average Bonchev–Trinajstić information content (AvgIpc) is 3.04. The molecule has 3 heterocycles. The number of hydrogen-bond acceptors (Lipinski definition) is 4. The third-order valence-electron chi connectivity index (χ3n) is 4.47. The summed E-state index contributed by atoms with van der Waals surface area (Å²) in [7, 11) is -3.57. The highest BCUT2D eigenvalue weighted by Gasteiger charge is 2.33. The molecule has 1 aromatic rings. The fraction of sp³-hybridized carbons (Fsp3) is 0.643. The minimum Gasteiger partial charge on any atom is -0.300 e. The summed E-state index contributed by atoms with van der Waals surface area (Å²) >= 11 is 9.24. The Balaban J connectivity index is 1.73. The molecule has 122 valence electrons. The quantitative estimate of drug-likeness (QED) is 0.722. The molecule has 2 saturated heterocycles. The third kappa shape index (κ3) is 3.33. The fourth-order valence-electron chi connectivity index (χ4n) is 3.28. The van der Waals surface area contributed by atoms with Crippen LogP contribution in [-0.2, 0) is 10.0 Å². The van der Waals surface area contributed by atoms with E-state index in [0.29, 0.717) is 23.6 Å². The van der Waals surface area contributed by atoms with Crippen LogP contribution < -0.4 is 0 Å². The van der Waals surface area contributed by atoms with Gasteiger partial charge in [0.25, 0.3) is 0 Å². The largest absolute Gasteiger partial charge is 0.300 e. The molecule has 0 radical (unpaired) electrons. The van der Waals surface area contributed by atoms with Crippen molar-refractivity contribution in [2.75, 3.05) is 26.2 Å². The molecule has 0 atom stereocenters. The second kappa shape index (κ2) is 6.73. The molecular weight excluding hydrogens is 390 g/mol. The van der Waals surface area contributed by atoms with Crippen molar-refractivity contribution >= 4 is 37.6 Å². The maximum Gasteiger partial charge on any atom is 0.246 e. The van der Waals surface area contributed by atoms with Crippen LogP contribution in [0.3, 0.4) is 0 Å². The Morgan fingerprint density at radius 1 is 1.18 bits per heavy atom. The van der Waals surface area contributed by atoms with Gasteiger partial charge in [0.2, 0.25) is 10.0 Å². The SMILES string of the molecule is O=S(=O)(c1cc(Br)cnc1Cl)N1CCC(N2CCCC2)CC1. The highest BCUT2D eigenvalue weighted by atomic mass is 79.9. The molecule has 22 heavy (non-hydrogen) atoms. The minimum atomic E-state index is -3.57. The second-order valence-corrected chi connectivity index (χ2v) is 9.00. The standard InChI is InChI=1S/C14H19BrClN3O2S/c15-11-9-13(14(16)17-10-11)22(20,21)19-7-3-12(4-8-19)18-5-1-2-6-18/h9-10,12H,1-8H2. The lowest BCUT2D eigenvalue weighted by Crippen LogP contribution is -2.45. The lowest BCUT2D eigenvalue weighted by atomic mass is 10.1. The van der Waals surface area contributed by atoms with Crippen molar-refractivity contribution in [1.82, 2.24) is 14.2 Å². The van der Waals surface area contributed by atoms with Crippen molar-refractivity contribution in [3.05, 3.63) is 21.9 Å². The van der Waals surface area contributed by atoms with Crippen molar-refractivity contribution in [1.29, 1.82) is 0 Å². The van der Waals surface area contributed by atoms with E-state index in [1.54, 1.807) is 0 Å². The number of likely N-dealkylation sites (tertiary alicyclic amines) is 1. The van der Waals surface area contributed by atoms with Gasteiger partial charge in [0.05, 0.1) is 0 Å². The average molecular weight is 409 g/mol. The first kappa shape index (κ1) is 16.6. The van der Waals surface area contributed by atoms with Crippen LogP contribution in [0.2, 0.25) is 5.15 Å². The highest BCUT2D eigenvalue weighted by Crippen LogP contribution is 2.29. The van der Waals surface area contributed by atoms with E-state index in [-0.39, 0.29) is 10.0 Å². The lowest BCUT2D eigenvalue weighted by Gasteiger charge is -2.36. The maximum atomic E-state index is 12.8. The molecule has 0 spiro atoms. The van der Waals surface area contributed by atoms with E-state index in [9.17, 15) is 8.42 Å². The van der Waals surface area contributed by atoms with E-state index >= 15 is 0 Å². The number of pyridine rings is 1. The molecule has 0 amide bonds. The third-order valence-corrected chi connectivity index (χ3v) is 7.23. The van der Waals surface area contributed by atoms with E-state index in [1.165, 1.54) is 29.4 Å². The predicted octanol–water partition coefficient (Wildman–Crippen LogP) is 2.75. The molecule has 2 aliphatic heterocycles. The maximum absolute atomic E-state index is 12.8. The Bertz CT molecular complexity index is 641. The molecule has 0 aliphatic carbocycles. The molecule has 8 heteroatoms. The smallest absolute Gasteiger partial charge is 0.246 e. The van der Waals surface area contributed by atoms with Gasteiger partial charge < -0.3 is 4.90 Å². The Hall–Kier alpha value is -0.210. The van der Waals surface area contributed by atoms with Crippen molar-refractivity contribution in [3.63, 3.8) is 0 Å². The molecular formula is C14H19BrClN3O2S. The van der Waals surface area contributed by atoms with E-state index in [1.807, 2.05) is 0 Å². The predicted molar refractivity (Wildman–Crippen MR) is 89.5 cm³/mol. The zero-order valence-corrected chi connectivity index (χ0v) is 15.4. The first-order valence-corrected chi connectivity index (χ1v) is 10.1. The van der Waals surface area contributed by atoms with Gasteiger partial charge in [0.15, 0.2) is 0 Å². The Labute approximate surface area is 144 Å². The number of rotatable bonds is 3. The summed E-state index contributed by atoms with van der Waals surface area (Å²) in [5.74, 6) is 0. The molecule has 3 rings (SSSR count). The van der Waals surface area contributed by atoms with Gasteiger partial charge in [-0.25, -0.2) is 13.4 Å². The Morgan fingerprint density at radius 3 is 2.45 bits per heavy atom. The summed E-state index contributed by atoms with van der Waals surface area (Å²) in [4.78, 5) is 6.51. The van der Waals surface area contributed by atoms with Gasteiger partial charge in [0.1, 0.15) is 10.0 Å². The lowest BCUT2D eigenvalue weighted by molar-refractivity contribution is 0.168. The molecule has 0 N–H and O–H groups in total. The van der Waals surface area contributed by atoms with Crippen LogP contribution in [0, 0.1) is 0 Å². The van der Waals surface area contributed by atoms with Crippen LogP contribution in [-0.4, -0.2) is 54.8 Å². The van der Waals surface area contributed by atoms with Gasteiger partial charge in [-0.15, -0.1) is 0 Å². The van der Waals surface area contributed by atoms with E-state index < -0.39 is 10.0 Å². The summed E-state index contributed by atoms with van der Waals surface area (Å²) in [6.07, 6.45) is 5.80. The first-order chi connectivity index (χ1) is 10.5.